The Morgan fingerprint density at radius 1 is 1.67 bits per heavy atom. The molecule has 0 bridgehead atoms. The topological polar surface area (TPSA) is 74.7 Å². The minimum Gasteiger partial charge on any atom is -0.481 e. The predicted molar refractivity (Wildman–Crippen MR) is 41.8 cm³/mol. The van der Waals surface area contributed by atoms with Crippen LogP contribution in [0.1, 0.15) is 6.42 Å². The number of carbonyl (C=O) groups is 3. The van der Waals surface area contributed by atoms with Gasteiger partial charge in [-0.15, -0.1) is 0 Å². The molecule has 6 heteroatoms. The van der Waals surface area contributed by atoms with Crippen LogP contribution in [0.3, 0.4) is 0 Å². The van der Waals surface area contributed by atoms with E-state index in [2.05, 4.69) is 0 Å². The van der Waals surface area contributed by atoms with Gasteiger partial charge < -0.3 is 5.11 Å². The molecule has 1 heterocycles. The Labute approximate surface area is 72.7 Å². The third-order valence-electron chi connectivity index (χ3n) is 1.48. The molecule has 0 aromatic rings. The largest absolute Gasteiger partial charge is 0.481 e. The van der Waals surface area contributed by atoms with Crippen LogP contribution in [-0.2, 0) is 9.59 Å². The second-order valence-electron chi connectivity index (χ2n) is 2.37. The lowest BCUT2D eigenvalue weighted by Crippen LogP contribution is -2.28. The summed E-state index contributed by atoms with van der Waals surface area (Å²) < 4.78 is 0. The van der Waals surface area contributed by atoms with Gasteiger partial charge in [-0.3, -0.25) is 19.3 Å². The van der Waals surface area contributed by atoms with Gasteiger partial charge in [-0.1, -0.05) is 11.8 Å². The van der Waals surface area contributed by atoms with Crippen LogP contribution in [0.25, 0.3) is 0 Å². The zero-order valence-corrected chi connectivity index (χ0v) is 7.13. The van der Waals surface area contributed by atoms with Crippen molar-refractivity contribution in [1.82, 2.24) is 4.90 Å². The summed E-state index contributed by atoms with van der Waals surface area (Å²) in [6.07, 6.45) is -0.292. The molecule has 5 nitrogen and oxygen atoms in total. The Morgan fingerprint density at radius 3 is 2.58 bits per heavy atom. The van der Waals surface area contributed by atoms with E-state index in [9.17, 15) is 14.4 Å². The third kappa shape index (κ3) is 1.58. The number of imide groups is 1. The monoisotopic (exact) mass is 189 g/mol. The number of amides is 2. The summed E-state index contributed by atoms with van der Waals surface area (Å²) in [5, 5.41) is 7.25. The lowest BCUT2D eigenvalue weighted by molar-refractivity contribution is -0.139. The SMILES string of the molecule is CN1C(=O)S[C@H](CC(=O)O)C1=O. The number of carboxylic acids is 1. The lowest BCUT2D eigenvalue weighted by atomic mass is 10.3. The van der Waals surface area contributed by atoms with Crippen LogP contribution in [0.15, 0.2) is 0 Å². The first-order chi connectivity index (χ1) is 5.52. The molecule has 0 aromatic heterocycles. The summed E-state index contributed by atoms with van der Waals surface area (Å²) in [4.78, 5) is 33.1. The minimum atomic E-state index is -1.07. The molecule has 1 N–H and O–H groups in total. The fourth-order valence-electron chi connectivity index (χ4n) is 0.845. The van der Waals surface area contributed by atoms with Crippen molar-refractivity contribution in [3.63, 3.8) is 0 Å². The molecule has 1 saturated heterocycles. The molecule has 1 aliphatic heterocycles. The molecule has 0 saturated carbocycles. The Bertz CT molecular complexity index is 250. The first-order valence-electron chi connectivity index (χ1n) is 3.22. The summed E-state index contributed by atoms with van der Waals surface area (Å²) in [6.45, 7) is 0. The van der Waals surface area contributed by atoms with E-state index in [1.165, 1.54) is 7.05 Å². The lowest BCUT2D eigenvalue weighted by Gasteiger charge is -2.03. The van der Waals surface area contributed by atoms with Crippen LogP contribution < -0.4 is 0 Å². The van der Waals surface area contributed by atoms with Crippen molar-refractivity contribution in [1.29, 1.82) is 0 Å². The molecule has 1 aliphatic rings. The molecule has 12 heavy (non-hydrogen) atoms. The molecule has 1 fully saturated rings. The van der Waals surface area contributed by atoms with E-state index in [0.29, 0.717) is 0 Å². The second kappa shape index (κ2) is 3.14. The van der Waals surface area contributed by atoms with Gasteiger partial charge in [0.2, 0.25) is 5.91 Å². The van der Waals surface area contributed by atoms with E-state index in [1.807, 2.05) is 0 Å². The molecule has 0 unspecified atom stereocenters. The van der Waals surface area contributed by atoms with Crippen LogP contribution in [0, 0.1) is 0 Å². The molecular weight excluding hydrogens is 182 g/mol. The summed E-state index contributed by atoms with van der Waals surface area (Å²) in [5.41, 5.74) is 0. The Kier molecular flexibility index (Phi) is 2.37. The van der Waals surface area contributed by atoms with E-state index in [4.69, 9.17) is 5.11 Å². The van der Waals surface area contributed by atoms with E-state index in [0.717, 1.165) is 16.7 Å². The number of thioether (sulfide) groups is 1. The molecule has 0 aliphatic carbocycles. The van der Waals surface area contributed by atoms with Gasteiger partial charge in [-0.05, 0) is 0 Å². The summed E-state index contributed by atoms with van der Waals surface area (Å²) in [7, 11) is 1.35. The third-order valence-corrected chi connectivity index (χ3v) is 2.61. The zero-order chi connectivity index (χ0) is 9.30. The second-order valence-corrected chi connectivity index (χ2v) is 3.52. The molecule has 2 amide bonds. The minimum absolute atomic E-state index is 0.292. The van der Waals surface area contributed by atoms with Crippen molar-refractivity contribution in [2.75, 3.05) is 7.05 Å². The standard InChI is InChI=1S/C6H7NO4S/c1-7-5(10)3(2-4(8)9)12-6(7)11/h3H,2H2,1H3,(H,8,9)/t3-/m1/s1. The maximum absolute atomic E-state index is 11.1. The van der Waals surface area contributed by atoms with Gasteiger partial charge in [-0.25, -0.2) is 0 Å². The number of carboxylic acid groups (broad SMARTS) is 1. The van der Waals surface area contributed by atoms with E-state index in [1.54, 1.807) is 0 Å². The Hall–Kier alpha value is -1.04. The molecule has 0 spiro atoms. The van der Waals surface area contributed by atoms with Crippen LogP contribution in [-0.4, -0.2) is 39.4 Å². The van der Waals surface area contributed by atoms with Gasteiger partial charge in [0, 0.05) is 7.05 Å². The molecule has 1 atom stereocenters. The van der Waals surface area contributed by atoms with Gasteiger partial charge in [0.1, 0.15) is 5.25 Å². The number of rotatable bonds is 2. The molecule has 0 aromatic carbocycles. The first-order valence-corrected chi connectivity index (χ1v) is 4.10. The quantitative estimate of drug-likeness (QED) is 0.669. The number of hydrogen-bond donors (Lipinski definition) is 1. The number of aliphatic carboxylic acids is 1. The Balaban J connectivity index is 2.65. The maximum atomic E-state index is 11.1. The van der Waals surface area contributed by atoms with Gasteiger partial charge in [0.05, 0.1) is 6.42 Å². The van der Waals surface area contributed by atoms with E-state index < -0.39 is 17.1 Å². The van der Waals surface area contributed by atoms with Crippen molar-refractivity contribution in [2.24, 2.45) is 0 Å². The zero-order valence-electron chi connectivity index (χ0n) is 6.31. The van der Waals surface area contributed by atoms with Crippen molar-refractivity contribution in [3.05, 3.63) is 0 Å². The number of hydrogen-bond acceptors (Lipinski definition) is 4. The van der Waals surface area contributed by atoms with Crippen molar-refractivity contribution < 1.29 is 19.5 Å². The summed E-state index contributed by atoms with van der Waals surface area (Å²) in [6, 6.07) is 0. The highest BCUT2D eigenvalue weighted by molar-refractivity contribution is 8.15. The van der Waals surface area contributed by atoms with Gasteiger partial charge >= 0.3 is 5.97 Å². The molecule has 1 rings (SSSR count). The van der Waals surface area contributed by atoms with Gasteiger partial charge in [0.25, 0.3) is 5.24 Å². The van der Waals surface area contributed by atoms with Crippen molar-refractivity contribution in [2.45, 2.75) is 11.7 Å². The molecule has 0 radical (unpaired) electrons. The van der Waals surface area contributed by atoms with Crippen LogP contribution in [0.2, 0.25) is 0 Å². The van der Waals surface area contributed by atoms with Crippen molar-refractivity contribution in [3.8, 4) is 0 Å². The normalized spacial score (nSPS) is 23.4. The van der Waals surface area contributed by atoms with Gasteiger partial charge in [0.15, 0.2) is 0 Å². The molecule has 66 valence electrons. The van der Waals surface area contributed by atoms with Crippen LogP contribution >= 0.6 is 11.8 Å². The predicted octanol–water partition coefficient (Wildman–Crippen LogP) is 0.155. The average molecular weight is 189 g/mol. The van der Waals surface area contributed by atoms with Crippen LogP contribution in [0.4, 0.5) is 4.79 Å². The number of nitrogens with zero attached hydrogens (tertiary/aromatic N) is 1. The van der Waals surface area contributed by atoms with Crippen molar-refractivity contribution >= 4 is 28.9 Å². The van der Waals surface area contributed by atoms with E-state index in [-0.39, 0.29) is 11.7 Å². The highest BCUT2D eigenvalue weighted by atomic mass is 32.2. The summed E-state index contributed by atoms with van der Waals surface area (Å²) >= 11 is 0.767. The first kappa shape index (κ1) is 9.05. The fraction of sp³-hybridized carbons (Fsp3) is 0.500. The smallest absolute Gasteiger partial charge is 0.305 e. The number of carbonyl (C=O) groups excluding carboxylic acids is 2. The van der Waals surface area contributed by atoms with E-state index >= 15 is 0 Å². The maximum Gasteiger partial charge on any atom is 0.305 e. The molecular formula is C6H7NO4S. The van der Waals surface area contributed by atoms with Crippen LogP contribution in [0.5, 0.6) is 0 Å². The highest BCUT2D eigenvalue weighted by Gasteiger charge is 2.38. The Morgan fingerprint density at radius 2 is 2.25 bits per heavy atom. The summed E-state index contributed by atoms with van der Waals surface area (Å²) in [5.74, 6) is -1.49. The van der Waals surface area contributed by atoms with Gasteiger partial charge in [-0.2, -0.15) is 0 Å². The fourth-order valence-corrected chi connectivity index (χ4v) is 1.82. The highest BCUT2D eigenvalue weighted by Crippen LogP contribution is 2.27. The average Bonchev–Trinajstić information content (AvgIpc) is 2.17.